The maximum atomic E-state index is 13.2. The van der Waals surface area contributed by atoms with Gasteiger partial charge < -0.3 is 19.6 Å². The zero-order valence-corrected chi connectivity index (χ0v) is 15.0. The molecule has 1 aliphatic heterocycles. The van der Waals surface area contributed by atoms with Gasteiger partial charge in [0.2, 0.25) is 11.9 Å². The number of esters is 1. The maximum absolute atomic E-state index is 13.2. The Labute approximate surface area is 160 Å². The first-order valence-electron chi connectivity index (χ1n) is 8.53. The first-order chi connectivity index (χ1) is 13.6. The lowest BCUT2D eigenvalue weighted by molar-refractivity contribution is -0.126. The molecule has 1 aromatic carbocycles. The quantitative estimate of drug-likeness (QED) is 0.694. The number of anilines is 2. The van der Waals surface area contributed by atoms with Crippen molar-refractivity contribution in [1.82, 2.24) is 4.98 Å². The van der Waals surface area contributed by atoms with Gasteiger partial charge >= 0.3 is 5.97 Å². The summed E-state index contributed by atoms with van der Waals surface area (Å²) in [5, 5.41) is 0. The van der Waals surface area contributed by atoms with Gasteiger partial charge in [0.25, 0.3) is 5.91 Å². The Morgan fingerprint density at radius 1 is 1.18 bits per heavy atom. The number of furan rings is 1. The Kier molecular flexibility index (Phi) is 4.44. The number of carbonyl (C=O) groups is 2. The van der Waals surface area contributed by atoms with E-state index in [0.29, 0.717) is 17.3 Å². The van der Waals surface area contributed by atoms with Crippen LogP contribution < -0.4 is 15.4 Å². The van der Waals surface area contributed by atoms with E-state index in [2.05, 4.69) is 9.72 Å². The molecule has 2 aromatic heterocycles. The lowest BCUT2D eigenvalue weighted by Crippen LogP contribution is -2.41. The van der Waals surface area contributed by atoms with Gasteiger partial charge in [0.05, 0.1) is 13.7 Å². The number of aromatic nitrogens is 1. The highest BCUT2D eigenvalue weighted by Crippen LogP contribution is 2.39. The minimum absolute atomic E-state index is 0.0542. The zero-order chi connectivity index (χ0) is 19.7. The highest BCUT2D eigenvalue weighted by atomic mass is 16.5. The van der Waals surface area contributed by atoms with Crippen molar-refractivity contribution >= 4 is 23.5 Å². The molecule has 2 N–H and O–H groups in total. The molecule has 0 radical (unpaired) electrons. The molecular formula is C20H17N3O5. The van der Waals surface area contributed by atoms with Crippen molar-refractivity contribution in [2.75, 3.05) is 17.7 Å². The van der Waals surface area contributed by atoms with Crippen molar-refractivity contribution in [3.05, 3.63) is 71.7 Å². The summed E-state index contributed by atoms with van der Waals surface area (Å²) in [5.74, 6) is 0.539. The molecule has 4 rings (SSSR count). The predicted octanol–water partition coefficient (Wildman–Crippen LogP) is 2.71. The summed E-state index contributed by atoms with van der Waals surface area (Å²) < 4.78 is 16.1. The second-order valence-corrected chi connectivity index (χ2v) is 6.15. The third-order valence-corrected chi connectivity index (χ3v) is 4.32. The summed E-state index contributed by atoms with van der Waals surface area (Å²) in [6, 6.07) is 15.6. The average molecular weight is 379 g/mol. The summed E-state index contributed by atoms with van der Waals surface area (Å²) in [6.07, 6.45) is -0.825. The predicted molar refractivity (Wildman–Crippen MR) is 99.7 cm³/mol. The summed E-state index contributed by atoms with van der Waals surface area (Å²) in [4.78, 5) is 30.5. The van der Waals surface area contributed by atoms with Crippen LogP contribution in [0.3, 0.4) is 0 Å². The van der Waals surface area contributed by atoms with Crippen LogP contribution in [0.5, 0.6) is 5.75 Å². The molecule has 3 heterocycles. The van der Waals surface area contributed by atoms with Crippen LogP contribution in [-0.4, -0.2) is 24.0 Å². The van der Waals surface area contributed by atoms with E-state index in [1.54, 1.807) is 18.2 Å². The summed E-state index contributed by atoms with van der Waals surface area (Å²) in [6.45, 7) is 0.0615. The molecule has 1 aliphatic rings. The van der Waals surface area contributed by atoms with Gasteiger partial charge in [0, 0.05) is 5.56 Å². The molecule has 1 unspecified atom stereocenters. The molecule has 0 fully saturated rings. The number of amides is 1. The molecule has 28 heavy (non-hydrogen) atoms. The molecule has 0 saturated heterocycles. The van der Waals surface area contributed by atoms with Crippen LogP contribution in [0.4, 0.5) is 11.6 Å². The summed E-state index contributed by atoms with van der Waals surface area (Å²) in [5.41, 5.74) is 6.52. The molecule has 0 bridgehead atoms. The van der Waals surface area contributed by atoms with Gasteiger partial charge in [-0.1, -0.05) is 30.3 Å². The van der Waals surface area contributed by atoms with Crippen LogP contribution in [0, 0.1) is 0 Å². The number of nitrogen functional groups attached to an aromatic ring is 1. The highest BCUT2D eigenvalue weighted by molar-refractivity contribution is 5.99. The molecule has 8 nitrogen and oxygen atoms in total. The Morgan fingerprint density at radius 3 is 2.71 bits per heavy atom. The third-order valence-electron chi connectivity index (χ3n) is 4.32. The monoisotopic (exact) mass is 379 g/mol. The van der Waals surface area contributed by atoms with Gasteiger partial charge in [-0.25, -0.2) is 9.78 Å². The number of benzene rings is 1. The molecular weight excluding hydrogens is 362 g/mol. The first kappa shape index (κ1) is 17.6. The van der Waals surface area contributed by atoms with E-state index < -0.39 is 12.1 Å². The smallest absolute Gasteiger partial charge is 0.373 e. The van der Waals surface area contributed by atoms with Crippen molar-refractivity contribution in [1.29, 1.82) is 0 Å². The molecule has 1 atom stereocenters. The van der Waals surface area contributed by atoms with Crippen LogP contribution in [0.1, 0.15) is 28.0 Å². The number of hydrogen-bond acceptors (Lipinski definition) is 7. The van der Waals surface area contributed by atoms with E-state index in [1.165, 1.54) is 18.1 Å². The van der Waals surface area contributed by atoms with Crippen LogP contribution in [0.15, 0.2) is 59.0 Å². The number of pyridine rings is 1. The van der Waals surface area contributed by atoms with Gasteiger partial charge in [-0.15, -0.1) is 0 Å². The fourth-order valence-corrected chi connectivity index (χ4v) is 2.98. The van der Waals surface area contributed by atoms with E-state index >= 15 is 0 Å². The van der Waals surface area contributed by atoms with Gasteiger partial charge in [-0.05, 0) is 24.3 Å². The van der Waals surface area contributed by atoms with Crippen LogP contribution >= 0.6 is 0 Å². The molecule has 1 amide bonds. The van der Waals surface area contributed by atoms with E-state index in [9.17, 15) is 9.59 Å². The third kappa shape index (κ3) is 3.16. The zero-order valence-electron chi connectivity index (χ0n) is 15.0. The molecule has 0 spiro atoms. The number of nitrogens with zero attached hydrogens (tertiary/aromatic N) is 2. The van der Waals surface area contributed by atoms with Crippen molar-refractivity contribution in [3.63, 3.8) is 0 Å². The number of hydrogen-bond donors (Lipinski definition) is 1. The number of methoxy groups -OCH3 is 1. The van der Waals surface area contributed by atoms with Crippen LogP contribution in [0.25, 0.3) is 0 Å². The minimum atomic E-state index is -0.825. The SMILES string of the molecule is COC(=O)c1ccc(CN2C(=O)C(c3ccccc3)Oc3ccc(N)nc32)o1. The number of carbonyl (C=O) groups excluding carboxylic acids is 2. The second kappa shape index (κ2) is 7.07. The number of fused-ring (bicyclic) bond motifs is 1. The first-order valence-corrected chi connectivity index (χ1v) is 8.53. The van der Waals surface area contributed by atoms with Gasteiger partial charge in [0.15, 0.2) is 11.6 Å². The van der Waals surface area contributed by atoms with Gasteiger partial charge in [0.1, 0.15) is 11.6 Å². The highest BCUT2D eigenvalue weighted by Gasteiger charge is 2.37. The summed E-state index contributed by atoms with van der Waals surface area (Å²) in [7, 11) is 1.27. The Hall–Kier alpha value is -3.81. The van der Waals surface area contributed by atoms with Gasteiger partial charge in [-0.2, -0.15) is 0 Å². The van der Waals surface area contributed by atoms with E-state index in [0.717, 1.165) is 5.56 Å². The van der Waals surface area contributed by atoms with E-state index in [-0.39, 0.29) is 24.0 Å². The lowest BCUT2D eigenvalue weighted by Gasteiger charge is -2.33. The van der Waals surface area contributed by atoms with E-state index in [1.807, 2.05) is 30.3 Å². The number of ether oxygens (including phenoxy) is 2. The summed E-state index contributed by atoms with van der Waals surface area (Å²) >= 11 is 0. The lowest BCUT2D eigenvalue weighted by atomic mass is 10.1. The molecule has 3 aromatic rings. The number of rotatable bonds is 4. The molecule has 0 saturated carbocycles. The Morgan fingerprint density at radius 2 is 1.96 bits per heavy atom. The standard InChI is InChI=1S/C20H17N3O5/c1-26-20(25)15-8-7-13(27-15)11-23-18-14(9-10-16(21)22-18)28-17(19(23)24)12-5-3-2-4-6-12/h2-10,17H,11H2,1H3,(H2,21,22). The normalized spacial score (nSPS) is 15.7. The number of nitrogens with two attached hydrogens (primary N) is 1. The fraction of sp³-hybridized carbons (Fsp3) is 0.150. The average Bonchev–Trinajstić information content (AvgIpc) is 3.19. The molecule has 8 heteroatoms. The second-order valence-electron chi connectivity index (χ2n) is 6.15. The van der Waals surface area contributed by atoms with Crippen molar-refractivity contribution in [3.8, 4) is 5.75 Å². The fourth-order valence-electron chi connectivity index (χ4n) is 2.98. The Bertz CT molecular complexity index is 1030. The van der Waals surface area contributed by atoms with Crippen LogP contribution in [-0.2, 0) is 16.1 Å². The van der Waals surface area contributed by atoms with E-state index in [4.69, 9.17) is 14.9 Å². The van der Waals surface area contributed by atoms with Gasteiger partial charge in [-0.3, -0.25) is 9.69 Å². The minimum Gasteiger partial charge on any atom is -0.472 e. The largest absolute Gasteiger partial charge is 0.472 e. The van der Waals surface area contributed by atoms with Crippen LogP contribution in [0.2, 0.25) is 0 Å². The topological polar surface area (TPSA) is 108 Å². The van der Waals surface area contributed by atoms with Crippen molar-refractivity contribution < 1.29 is 23.5 Å². The Balaban J connectivity index is 1.71. The maximum Gasteiger partial charge on any atom is 0.373 e. The van der Waals surface area contributed by atoms with Crippen molar-refractivity contribution in [2.24, 2.45) is 0 Å². The molecule has 142 valence electrons. The van der Waals surface area contributed by atoms with Crippen molar-refractivity contribution in [2.45, 2.75) is 12.6 Å². The molecule has 0 aliphatic carbocycles.